The van der Waals surface area contributed by atoms with Crippen LogP contribution in [0, 0.1) is 0 Å². The molecule has 3 nitrogen and oxygen atoms in total. The Morgan fingerprint density at radius 1 is 1.70 bits per heavy atom. The van der Waals surface area contributed by atoms with Crippen LogP contribution in [0.4, 0.5) is 0 Å². The van der Waals surface area contributed by atoms with Gasteiger partial charge in [-0.1, -0.05) is 0 Å². The van der Waals surface area contributed by atoms with Crippen LogP contribution < -0.4 is 0 Å². The van der Waals surface area contributed by atoms with Gasteiger partial charge in [-0.25, -0.2) is 0 Å². The van der Waals surface area contributed by atoms with Crippen LogP contribution in [0.15, 0.2) is 0 Å². The molecule has 0 aliphatic rings. The lowest BCUT2D eigenvalue weighted by atomic mass is 10.5. The minimum atomic E-state index is -0.447. The Hall–Kier alpha value is 0.290. The first-order valence-electron chi connectivity index (χ1n) is 2.79. The Morgan fingerprint density at radius 3 is 2.70 bits per heavy atom. The summed E-state index contributed by atoms with van der Waals surface area (Å²) in [5, 5.41) is 8.02. The number of rotatable bonds is 5. The molecule has 10 heavy (non-hydrogen) atoms. The van der Waals surface area contributed by atoms with Gasteiger partial charge in [0.1, 0.15) is 5.44 Å². The normalized spacial score (nSPS) is 13.1. The predicted molar refractivity (Wildman–Crippen MR) is 44.4 cm³/mol. The number of ether oxygens (including phenoxy) is 1. The molecule has 1 unspecified atom stereocenters. The van der Waals surface area contributed by atoms with E-state index in [-0.39, 0.29) is 24.7 Å². The molecule has 0 spiro atoms. The van der Waals surface area contributed by atoms with E-state index in [2.05, 4.69) is 25.3 Å². The molecule has 0 fully saturated rings. The summed E-state index contributed by atoms with van der Waals surface area (Å²) < 4.78 is 4.85. The van der Waals surface area contributed by atoms with Gasteiger partial charge in [-0.3, -0.25) is 4.79 Å². The Balaban J connectivity index is 3.25. The summed E-state index contributed by atoms with van der Waals surface area (Å²) in [6.45, 7) is 0.146. The van der Waals surface area contributed by atoms with E-state index in [1.54, 1.807) is 0 Å². The second-order valence-corrected chi connectivity index (χ2v) is 2.72. The van der Waals surface area contributed by atoms with Crippen molar-refractivity contribution in [1.82, 2.24) is 0 Å². The Bertz CT molecular complexity index is 107. The van der Waals surface area contributed by atoms with Crippen molar-refractivity contribution in [1.29, 1.82) is 0 Å². The molecule has 60 valence electrons. The number of thiol groups is 2. The highest BCUT2D eigenvalue weighted by molar-refractivity contribution is 7.96. The van der Waals surface area contributed by atoms with E-state index in [1.807, 2.05) is 0 Å². The van der Waals surface area contributed by atoms with E-state index in [9.17, 15) is 4.79 Å². The summed E-state index contributed by atoms with van der Waals surface area (Å²) in [5.74, 6) is 0. The summed E-state index contributed by atoms with van der Waals surface area (Å²) in [5.41, 5.74) is -0.447. The maximum atomic E-state index is 10.3. The topological polar surface area (TPSA) is 46.5 Å². The Kier molecular flexibility index (Phi) is 6.20. The second-order valence-electron chi connectivity index (χ2n) is 1.65. The van der Waals surface area contributed by atoms with Gasteiger partial charge in [-0.2, -0.15) is 0 Å². The number of aliphatic hydroxyl groups is 1. The van der Waals surface area contributed by atoms with Gasteiger partial charge in [0.05, 0.1) is 19.6 Å². The fourth-order valence-corrected chi connectivity index (χ4v) is 0.978. The van der Waals surface area contributed by atoms with Crippen LogP contribution in [-0.4, -0.2) is 28.9 Å². The van der Waals surface area contributed by atoms with Gasteiger partial charge >= 0.3 is 0 Å². The number of hydrogen-bond acceptors (Lipinski definition) is 4. The summed E-state index contributed by atoms with van der Waals surface area (Å²) in [6, 6.07) is 0. The third-order valence-corrected chi connectivity index (χ3v) is 1.26. The van der Waals surface area contributed by atoms with Crippen molar-refractivity contribution in [3.05, 3.63) is 0 Å². The lowest BCUT2D eigenvalue weighted by molar-refractivity contribution is -0.112. The molecule has 0 saturated heterocycles. The van der Waals surface area contributed by atoms with Crippen molar-refractivity contribution in [3.8, 4) is 0 Å². The first kappa shape index (κ1) is 10.3. The molecule has 0 aromatic carbocycles. The fraction of sp³-hybridized carbons (Fsp3) is 0.800. The van der Waals surface area contributed by atoms with Gasteiger partial charge in [-0.05, 0) is 0 Å². The molecule has 0 amide bonds. The lowest BCUT2D eigenvalue weighted by Gasteiger charge is -2.07. The zero-order valence-corrected chi connectivity index (χ0v) is 7.15. The van der Waals surface area contributed by atoms with Crippen molar-refractivity contribution >= 4 is 30.4 Å². The van der Waals surface area contributed by atoms with Crippen molar-refractivity contribution in [2.75, 3.05) is 13.2 Å². The molecule has 0 heterocycles. The average molecular weight is 182 g/mol. The molecule has 0 aliphatic heterocycles. The van der Waals surface area contributed by atoms with Crippen molar-refractivity contribution in [3.63, 3.8) is 0 Å². The molecule has 0 bridgehead atoms. The summed E-state index contributed by atoms with van der Waals surface area (Å²) in [6.07, 6.45) is 0.159. The van der Waals surface area contributed by atoms with Crippen LogP contribution in [0.1, 0.15) is 6.42 Å². The SMILES string of the molecule is O=C(S)CC(S)OCCO. The zero-order chi connectivity index (χ0) is 7.98. The van der Waals surface area contributed by atoms with Gasteiger partial charge in [0, 0.05) is 0 Å². The molecular weight excluding hydrogens is 172 g/mol. The molecule has 0 aliphatic carbocycles. The number of carbonyl (C=O) groups is 1. The summed E-state index contributed by atoms with van der Waals surface area (Å²) in [4.78, 5) is 10.3. The highest BCUT2D eigenvalue weighted by Crippen LogP contribution is 2.04. The van der Waals surface area contributed by atoms with E-state index < -0.39 is 5.44 Å². The molecule has 0 aromatic heterocycles. The van der Waals surface area contributed by atoms with E-state index >= 15 is 0 Å². The predicted octanol–water partition coefficient (Wildman–Crippen LogP) is 0.0977. The molecule has 5 heteroatoms. The maximum Gasteiger partial charge on any atom is 0.189 e. The Labute approximate surface area is 70.6 Å². The highest BCUT2D eigenvalue weighted by Gasteiger charge is 2.05. The van der Waals surface area contributed by atoms with Crippen LogP contribution in [-0.2, 0) is 9.53 Å². The smallest absolute Gasteiger partial charge is 0.189 e. The monoisotopic (exact) mass is 182 g/mol. The van der Waals surface area contributed by atoms with Crippen LogP contribution in [0.3, 0.4) is 0 Å². The largest absolute Gasteiger partial charge is 0.394 e. The minimum absolute atomic E-state index is 0.0577. The molecule has 1 N–H and O–H groups in total. The molecule has 1 atom stereocenters. The minimum Gasteiger partial charge on any atom is -0.394 e. The van der Waals surface area contributed by atoms with Gasteiger partial charge in [0.2, 0.25) is 0 Å². The van der Waals surface area contributed by atoms with Crippen molar-refractivity contribution in [2.45, 2.75) is 11.9 Å². The highest BCUT2D eigenvalue weighted by atomic mass is 32.1. The van der Waals surface area contributed by atoms with E-state index in [4.69, 9.17) is 9.84 Å². The number of hydrogen-bond donors (Lipinski definition) is 3. The third-order valence-electron chi connectivity index (χ3n) is 0.751. The number of carbonyl (C=O) groups excluding carboxylic acids is 1. The van der Waals surface area contributed by atoms with Crippen molar-refractivity contribution < 1.29 is 14.6 Å². The maximum absolute atomic E-state index is 10.3. The van der Waals surface area contributed by atoms with Crippen LogP contribution >= 0.6 is 25.3 Å². The zero-order valence-electron chi connectivity index (χ0n) is 5.36. The van der Waals surface area contributed by atoms with Gasteiger partial charge < -0.3 is 9.84 Å². The van der Waals surface area contributed by atoms with E-state index in [1.165, 1.54) is 0 Å². The van der Waals surface area contributed by atoms with Crippen molar-refractivity contribution in [2.24, 2.45) is 0 Å². The summed E-state index contributed by atoms with van der Waals surface area (Å²) in [7, 11) is 0. The van der Waals surface area contributed by atoms with Crippen LogP contribution in [0.2, 0.25) is 0 Å². The Morgan fingerprint density at radius 2 is 2.30 bits per heavy atom. The standard InChI is InChI=1S/C5H10O3S2/c6-1-2-8-5(10)3-4(7)9/h5-6,10H,1-3H2,(H,7,9). The second kappa shape index (κ2) is 6.03. The molecule has 0 saturated carbocycles. The van der Waals surface area contributed by atoms with Crippen LogP contribution in [0.25, 0.3) is 0 Å². The van der Waals surface area contributed by atoms with Gasteiger partial charge in [0.15, 0.2) is 5.12 Å². The first-order chi connectivity index (χ1) is 4.66. The first-order valence-corrected chi connectivity index (χ1v) is 3.75. The quantitative estimate of drug-likeness (QED) is 0.417. The lowest BCUT2D eigenvalue weighted by Crippen LogP contribution is -2.11. The van der Waals surface area contributed by atoms with Gasteiger partial charge in [0.25, 0.3) is 0 Å². The third kappa shape index (κ3) is 6.41. The fourth-order valence-electron chi connectivity index (χ4n) is 0.397. The average Bonchev–Trinajstić information content (AvgIpc) is 1.82. The summed E-state index contributed by atoms with van der Waals surface area (Å²) >= 11 is 7.43. The molecular formula is C5H10O3S2. The molecule has 0 aromatic rings. The van der Waals surface area contributed by atoms with E-state index in [0.29, 0.717) is 0 Å². The van der Waals surface area contributed by atoms with Gasteiger partial charge in [-0.15, -0.1) is 25.3 Å². The molecule has 0 rings (SSSR count). The number of aliphatic hydroxyl groups excluding tert-OH is 1. The molecule has 0 radical (unpaired) electrons. The van der Waals surface area contributed by atoms with E-state index in [0.717, 1.165) is 0 Å². The van der Waals surface area contributed by atoms with Crippen LogP contribution in [0.5, 0.6) is 0 Å².